The highest BCUT2D eigenvalue weighted by atomic mass is 127. The molecule has 19 heavy (non-hydrogen) atoms. The van der Waals surface area contributed by atoms with Gasteiger partial charge in [0.15, 0.2) is 0 Å². The summed E-state index contributed by atoms with van der Waals surface area (Å²) in [5, 5.41) is 12.4. The summed E-state index contributed by atoms with van der Waals surface area (Å²) in [4.78, 5) is 12.5. The summed E-state index contributed by atoms with van der Waals surface area (Å²) in [6.07, 6.45) is 0. The van der Waals surface area contributed by atoms with E-state index < -0.39 is 0 Å². The van der Waals surface area contributed by atoms with E-state index in [2.05, 4.69) is 27.9 Å². The zero-order chi connectivity index (χ0) is 13.7. The molecule has 0 aliphatic rings. The number of benzene rings is 2. The van der Waals surface area contributed by atoms with Gasteiger partial charge in [-0.15, -0.1) is 11.8 Å². The molecule has 2 aromatic rings. The van der Waals surface area contributed by atoms with Crippen molar-refractivity contribution >= 4 is 45.9 Å². The number of hydrogen-bond donors (Lipinski definition) is 2. The Morgan fingerprint density at radius 1 is 1.21 bits per heavy atom. The topological polar surface area (TPSA) is 49.3 Å². The van der Waals surface area contributed by atoms with Crippen LogP contribution in [0.3, 0.4) is 0 Å². The van der Waals surface area contributed by atoms with Crippen LogP contribution >= 0.6 is 34.4 Å². The molecule has 5 heteroatoms. The molecule has 2 aromatic carbocycles. The maximum absolute atomic E-state index is 11.8. The van der Waals surface area contributed by atoms with Crippen molar-refractivity contribution in [3.05, 3.63) is 52.1 Å². The second kappa shape index (κ2) is 6.81. The van der Waals surface area contributed by atoms with Crippen LogP contribution in [-0.4, -0.2) is 16.8 Å². The first-order valence-corrected chi connectivity index (χ1v) is 7.68. The van der Waals surface area contributed by atoms with E-state index in [1.165, 1.54) is 11.8 Å². The van der Waals surface area contributed by atoms with E-state index in [9.17, 15) is 9.90 Å². The molecule has 0 radical (unpaired) electrons. The number of thioether (sulfide) groups is 1. The van der Waals surface area contributed by atoms with Gasteiger partial charge in [0.25, 0.3) is 0 Å². The third kappa shape index (κ3) is 4.43. The maximum Gasteiger partial charge on any atom is 0.234 e. The number of phenolic OH excluding ortho intramolecular Hbond substituents is 1. The molecule has 0 unspecified atom stereocenters. The zero-order valence-corrected chi connectivity index (χ0v) is 12.9. The SMILES string of the molecule is O=C(CSc1ccccc1O)Nc1cccc(I)c1. The van der Waals surface area contributed by atoms with Crippen LogP contribution in [0.5, 0.6) is 5.75 Å². The van der Waals surface area contributed by atoms with Crippen LogP contribution in [0.15, 0.2) is 53.4 Å². The Morgan fingerprint density at radius 3 is 2.74 bits per heavy atom. The minimum atomic E-state index is -0.0877. The lowest BCUT2D eigenvalue weighted by molar-refractivity contribution is -0.113. The fourth-order valence-corrected chi connectivity index (χ4v) is 2.78. The lowest BCUT2D eigenvalue weighted by Crippen LogP contribution is -2.13. The van der Waals surface area contributed by atoms with Gasteiger partial charge in [-0.2, -0.15) is 0 Å². The molecule has 0 bridgehead atoms. The highest BCUT2D eigenvalue weighted by Gasteiger charge is 2.06. The molecule has 98 valence electrons. The van der Waals surface area contributed by atoms with Gasteiger partial charge in [0.05, 0.1) is 5.75 Å². The summed E-state index contributed by atoms with van der Waals surface area (Å²) in [5.41, 5.74) is 0.787. The van der Waals surface area contributed by atoms with Crippen molar-refractivity contribution in [3.63, 3.8) is 0 Å². The van der Waals surface area contributed by atoms with E-state index in [0.717, 1.165) is 9.26 Å². The highest BCUT2D eigenvalue weighted by molar-refractivity contribution is 14.1. The molecule has 3 nitrogen and oxygen atoms in total. The average Bonchev–Trinajstić information content (AvgIpc) is 2.38. The van der Waals surface area contributed by atoms with Gasteiger partial charge in [0.1, 0.15) is 5.75 Å². The molecule has 0 saturated heterocycles. The highest BCUT2D eigenvalue weighted by Crippen LogP contribution is 2.27. The van der Waals surface area contributed by atoms with Gasteiger partial charge in [-0.05, 0) is 52.9 Å². The van der Waals surface area contributed by atoms with Crippen molar-refractivity contribution in [2.75, 3.05) is 11.1 Å². The van der Waals surface area contributed by atoms with Crippen LogP contribution in [-0.2, 0) is 4.79 Å². The van der Waals surface area contributed by atoms with Gasteiger partial charge >= 0.3 is 0 Å². The third-order valence-corrected chi connectivity index (χ3v) is 4.07. The Balaban J connectivity index is 1.90. The summed E-state index contributed by atoms with van der Waals surface area (Å²) >= 11 is 3.51. The first-order chi connectivity index (χ1) is 9.15. The molecule has 2 N–H and O–H groups in total. The number of nitrogens with one attached hydrogen (secondary N) is 1. The second-order valence-corrected chi connectivity index (χ2v) is 6.08. The van der Waals surface area contributed by atoms with Crippen LogP contribution < -0.4 is 5.32 Å². The van der Waals surface area contributed by atoms with E-state index in [0.29, 0.717) is 4.90 Å². The standard InChI is InChI=1S/C14H12INO2S/c15-10-4-3-5-11(8-10)16-14(18)9-19-13-7-2-1-6-12(13)17/h1-8,17H,9H2,(H,16,18). The number of para-hydroxylation sites is 1. The van der Waals surface area contributed by atoms with Crippen LogP contribution in [0, 0.1) is 3.57 Å². The van der Waals surface area contributed by atoms with Crippen LogP contribution in [0.25, 0.3) is 0 Å². The van der Waals surface area contributed by atoms with Crippen LogP contribution in [0.2, 0.25) is 0 Å². The van der Waals surface area contributed by atoms with Crippen molar-refractivity contribution in [1.82, 2.24) is 0 Å². The monoisotopic (exact) mass is 385 g/mol. The van der Waals surface area contributed by atoms with Crippen LogP contribution in [0.4, 0.5) is 5.69 Å². The molecule has 0 spiro atoms. The van der Waals surface area contributed by atoms with E-state index in [4.69, 9.17) is 0 Å². The summed E-state index contributed by atoms with van der Waals surface area (Å²) in [7, 11) is 0. The second-order valence-electron chi connectivity index (χ2n) is 3.81. The van der Waals surface area contributed by atoms with Crippen molar-refractivity contribution in [3.8, 4) is 5.75 Å². The van der Waals surface area contributed by atoms with Gasteiger partial charge in [-0.25, -0.2) is 0 Å². The number of hydrogen-bond acceptors (Lipinski definition) is 3. The smallest absolute Gasteiger partial charge is 0.234 e. The third-order valence-electron chi connectivity index (χ3n) is 2.33. The average molecular weight is 385 g/mol. The normalized spacial score (nSPS) is 10.2. The number of carbonyl (C=O) groups excluding carboxylic acids is 1. The van der Waals surface area contributed by atoms with Gasteiger partial charge in [-0.1, -0.05) is 18.2 Å². The van der Waals surface area contributed by atoms with E-state index >= 15 is 0 Å². The van der Waals surface area contributed by atoms with Crippen molar-refractivity contribution in [2.24, 2.45) is 0 Å². The largest absolute Gasteiger partial charge is 0.507 e. The summed E-state index contributed by atoms with van der Waals surface area (Å²) in [6, 6.07) is 14.6. The molecule has 1 amide bonds. The zero-order valence-electron chi connectivity index (χ0n) is 9.97. The Morgan fingerprint density at radius 2 is 2.00 bits per heavy atom. The number of carbonyl (C=O) groups is 1. The number of amides is 1. The van der Waals surface area contributed by atoms with Gasteiger partial charge in [0.2, 0.25) is 5.91 Å². The maximum atomic E-state index is 11.8. The molecule has 0 atom stereocenters. The summed E-state index contributed by atoms with van der Waals surface area (Å²) < 4.78 is 1.07. The lowest BCUT2D eigenvalue weighted by Gasteiger charge is -2.06. The molecule has 2 rings (SSSR count). The van der Waals surface area contributed by atoms with E-state index in [1.807, 2.05) is 30.3 Å². The van der Waals surface area contributed by atoms with E-state index in [1.54, 1.807) is 18.2 Å². The van der Waals surface area contributed by atoms with Crippen molar-refractivity contribution < 1.29 is 9.90 Å². The molecule has 0 heterocycles. The molecule has 0 aliphatic heterocycles. The molecule has 0 fully saturated rings. The van der Waals surface area contributed by atoms with E-state index in [-0.39, 0.29) is 17.4 Å². The molecular weight excluding hydrogens is 373 g/mol. The molecule has 0 saturated carbocycles. The van der Waals surface area contributed by atoms with Crippen LogP contribution in [0.1, 0.15) is 0 Å². The summed E-state index contributed by atoms with van der Waals surface area (Å²) in [5.74, 6) is 0.382. The predicted molar refractivity (Wildman–Crippen MR) is 86.6 cm³/mol. The first kappa shape index (κ1) is 14.2. The molecular formula is C14H12INO2S. The Labute approximate surface area is 129 Å². The Bertz CT molecular complexity index is 589. The van der Waals surface area contributed by atoms with Crippen molar-refractivity contribution in [2.45, 2.75) is 4.90 Å². The first-order valence-electron chi connectivity index (χ1n) is 5.61. The van der Waals surface area contributed by atoms with Gasteiger partial charge in [0, 0.05) is 14.2 Å². The quantitative estimate of drug-likeness (QED) is 0.623. The summed E-state index contributed by atoms with van der Waals surface area (Å²) in [6.45, 7) is 0. The minimum Gasteiger partial charge on any atom is -0.507 e. The van der Waals surface area contributed by atoms with Crippen molar-refractivity contribution in [1.29, 1.82) is 0 Å². The Hall–Kier alpha value is -1.21. The molecule has 0 aliphatic carbocycles. The van der Waals surface area contributed by atoms with Gasteiger partial charge < -0.3 is 10.4 Å². The predicted octanol–water partition coefficient (Wildman–Crippen LogP) is 3.73. The fraction of sp³-hybridized carbons (Fsp3) is 0.0714. The minimum absolute atomic E-state index is 0.0877. The number of rotatable bonds is 4. The molecule has 0 aromatic heterocycles. The number of aromatic hydroxyl groups is 1. The van der Waals surface area contributed by atoms with Gasteiger partial charge in [-0.3, -0.25) is 4.79 Å². The number of anilines is 1. The number of phenols is 1. The number of halogens is 1. The lowest BCUT2D eigenvalue weighted by atomic mass is 10.3. The fourth-order valence-electron chi connectivity index (χ4n) is 1.49. The Kier molecular flexibility index (Phi) is 5.09.